The lowest BCUT2D eigenvalue weighted by atomic mass is 9.99. The summed E-state index contributed by atoms with van der Waals surface area (Å²) in [5.41, 5.74) is 3.08. The van der Waals surface area contributed by atoms with Gasteiger partial charge < -0.3 is 10.6 Å². The SMILES string of the molecule is CCCC(C)NC(=O)c1cccc2c1NCCC2. The molecule has 3 heteroatoms. The molecule has 18 heavy (non-hydrogen) atoms. The third-order valence-electron chi connectivity index (χ3n) is 3.42. The van der Waals surface area contributed by atoms with Gasteiger partial charge in [0, 0.05) is 12.6 Å². The third kappa shape index (κ3) is 2.84. The van der Waals surface area contributed by atoms with E-state index in [0.717, 1.165) is 43.5 Å². The molecule has 3 nitrogen and oxygen atoms in total. The van der Waals surface area contributed by atoms with Crippen molar-refractivity contribution in [2.24, 2.45) is 0 Å². The lowest BCUT2D eigenvalue weighted by Gasteiger charge is -2.21. The lowest BCUT2D eigenvalue weighted by molar-refractivity contribution is 0.0939. The summed E-state index contributed by atoms with van der Waals surface area (Å²) in [4.78, 5) is 12.3. The van der Waals surface area contributed by atoms with Crippen LogP contribution in [0, 0.1) is 0 Å². The van der Waals surface area contributed by atoms with E-state index in [9.17, 15) is 4.79 Å². The van der Waals surface area contributed by atoms with E-state index in [4.69, 9.17) is 0 Å². The van der Waals surface area contributed by atoms with Crippen molar-refractivity contribution in [1.29, 1.82) is 0 Å². The Morgan fingerprint density at radius 2 is 2.33 bits per heavy atom. The monoisotopic (exact) mass is 246 g/mol. The Kier molecular flexibility index (Phi) is 4.24. The number of para-hydroxylation sites is 1. The summed E-state index contributed by atoms with van der Waals surface area (Å²) < 4.78 is 0. The van der Waals surface area contributed by atoms with Crippen LogP contribution >= 0.6 is 0 Å². The van der Waals surface area contributed by atoms with Gasteiger partial charge in [-0.15, -0.1) is 0 Å². The Hall–Kier alpha value is -1.51. The van der Waals surface area contributed by atoms with Gasteiger partial charge in [0.2, 0.25) is 0 Å². The predicted octanol–water partition coefficient (Wildman–Crippen LogP) is 2.96. The van der Waals surface area contributed by atoms with Crippen molar-refractivity contribution >= 4 is 11.6 Å². The molecule has 1 aromatic carbocycles. The molecule has 0 fully saturated rings. The van der Waals surface area contributed by atoms with Crippen molar-refractivity contribution in [3.05, 3.63) is 29.3 Å². The van der Waals surface area contributed by atoms with Crippen LogP contribution in [0.3, 0.4) is 0 Å². The van der Waals surface area contributed by atoms with Gasteiger partial charge in [0.05, 0.1) is 11.3 Å². The number of carbonyl (C=O) groups excluding carboxylic acids is 1. The number of amides is 1. The Bertz CT molecular complexity index is 429. The van der Waals surface area contributed by atoms with Crippen molar-refractivity contribution < 1.29 is 4.79 Å². The summed E-state index contributed by atoms with van der Waals surface area (Å²) in [7, 11) is 0. The van der Waals surface area contributed by atoms with Gasteiger partial charge in [0.1, 0.15) is 0 Å². The number of fused-ring (bicyclic) bond motifs is 1. The Balaban J connectivity index is 2.15. The van der Waals surface area contributed by atoms with E-state index >= 15 is 0 Å². The molecule has 1 atom stereocenters. The summed E-state index contributed by atoms with van der Waals surface area (Å²) in [5.74, 6) is 0.0437. The second-order valence-corrected chi connectivity index (χ2v) is 5.03. The molecule has 0 aromatic heterocycles. The molecule has 0 aliphatic carbocycles. The molecule has 1 heterocycles. The highest BCUT2D eigenvalue weighted by molar-refractivity contribution is 6.00. The molecule has 0 saturated carbocycles. The zero-order valence-electron chi connectivity index (χ0n) is 11.3. The quantitative estimate of drug-likeness (QED) is 0.857. The molecule has 2 N–H and O–H groups in total. The minimum Gasteiger partial charge on any atom is -0.384 e. The highest BCUT2D eigenvalue weighted by Crippen LogP contribution is 2.26. The zero-order chi connectivity index (χ0) is 13.0. The summed E-state index contributed by atoms with van der Waals surface area (Å²) in [5, 5.41) is 6.42. The van der Waals surface area contributed by atoms with E-state index < -0.39 is 0 Å². The molecule has 1 amide bonds. The molecule has 1 aromatic rings. The van der Waals surface area contributed by atoms with Crippen LogP contribution in [0.15, 0.2) is 18.2 Å². The molecule has 0 bridgehead atoms. The number of carbonyl (C=O) groups is 1. The number of hydrogen-bond acceptors (Lipinski definition) is 2. The number of benzene rings is 1. The first-order valence-electron chi connectivity index (χ1n) is 6.89. The van der Waals surface area contributed by atoms with Gasteiger partial charge in [-0.1, -0.05) is 25.5 Å². The molecule has 1 unspecified atom stereocenters. The summed E-state index contributed by atoms with van der Waals surface area (Å²) in [6, 6.07) is 6.23. The molecular weight excluding hydrogens is 224 g/mol. The first kappa shape index (κ1) is 12.9. The van der Waals surface area contributed by atoms with Crippen LogP contribution in [0.2, 0.25) is 0 Å². The van der Waals surface area contributed by atoms with Crippen molar-refractivity contribution in [2.45, 2.75) is 45.6 Å². The summed E-state index contributed by atoms with van der Waals surface area (Å²) in [6.07, 6.45) is 4.32. The van der Waals surface area contributed by atoms with Crippen LogP contribution < -0.4 is 10.6 Å². The van der Waals surface area contributed by atoms with Gasteiger partial charge >= 0.3 is 0 Å². The van der Waals surface area contributed by atoms with Gasteiger partial charge in [-0.25, -0.2) is 0 Å². The second-order valence-electron chi connectivity index (χ2n) is 5.03. The maximum Gasteiger partial charge on any atom is 0.253 e. The Morgan fingerprint density at radius 1 is 1.50 bits per heavy atom. The average molecular weight is 246 g/mol. The van der Waals surface area contributed by atoms with Crippen molar-refractivity contribution in [3.8, 4) is 0 Å². The van der Waals surface area contributed by atoms with Gasteiger partial charge in [0.25, 0.3) is 5.91 Å². The summed E-state index contributed by atoms with van der Waals surface area (Å²) >= 11 is 0. The van der Waals surface area contributed by atoms with E-state index in [1.54, 1.807) is 0 Å². The van der Waals surface area contributed by atoms with Crippen LogP contribution in [-0.2, 0) is 6.42 Å². The standard InChI is InChI=1S/C15H22N2O/c1-3-6-11(2)17-15(18)13-9-4-7-12-8-5-10-16-14(12)13/h4,7,9,11,16H,3,5-6,8,10H2,1-2H3,(H,17,18). The van der Waals surface area contributed by atoms with Crippen LogP contribution in [0.5, 0.6) is 0 Å². The van der Waals surface area contributed by atoms with Gasteiger partial charge in [-0.2, -0.15) is 0 Å². The highest BCUT2D eigenvalue weighted by atomic mass is 16.1. The minimum atomic E-state index is 0.0437. The Morgan fingerprint density at radius 3 is 3.11 bits per heavy atom. The lowest BCUT2D eigenvalue weighted by Crippen LogP contribution is -2.33. The number of rotatable bonds is 4. The van der Waals surface area contributed by atoms with Crippen molar-refractivity contribution in [3.63, 3.8) is 0 Å². The van der Waals surface area contributed by atoms with Crippen LogP contribution in [0.25, 0.3) is 0 Å². The summed E-state index contributed by atoms with van der Waals surface area (Å²) in [6.45, 7) is 5.15. The number of hydrogen-bond donors (Lipinski definition) is 2. The smallest absolute Gasteiger partial charge is 0.253 e. The van der Waals surface area contributed by atoms with E-state index in [1.807, 2.05) is 12.1 Å². The average Bonchev–Trinajstić information content (AvgIpc) is 2.38. The zero-order valence-corrected chi connectivity index (χ0v) is 11.3. The minimum absolute atomic E-state index is 0.0437. The van der Waals surface area contributed by atoms with Crippen LogP contribution in [-0.4, -0.2) is 18.5 Å². The largest absolute Gasteiger partial charge is 0.384 e. The van der Waals surface area contributed by atoms with Crippen LogP contribution in [0.4, 0.5) is 5.69 Å². The van der Waals surface area contributed by atoms with E-state index in [1.165, 1.54) is 5.56 Å². The normalized spacial score (nSPS) is 15.4. The van der Waals surface area contributed by atoms with Gasteiger partial charge in [0.15, 0.2) is 0 Å². The topological polar surface area (TPSA) is 41.1 Å². The molecule has 0 spiro atoms. The van der Waals surface area contributed by atoms with Crippen LogP contribution in [0.1, 0.15) is 49.0 Å². The fourth-order valence-electron chi connectivity index (χ4n) is 2.51. The van der Waals surface area contributed by atoms with E-state index in [-0.39, 0.29) is 11.9 Å². The molecule has 98 valence electrons. The number of aryl methyl sites for hydroxylation is 1. The van der Waals surface area contributed by atoms with Gasteiger partial charge in [-0.05, 0) is 37.8 Å². The number of nitrogens with one attached hydrogen (secondary N) is 2. The fourth-order valence-corrected chi connectivity index (χ4v) is 2.51. The third-order valence-corrected chi connectivity index (χ3v) is 3.42. The fraction of sp³-hybridized carbons (Fsp3) is 0.533. The van der Waals surface area contributed by atoms with Crippen molar-refractivity contribution in [2.75, 3.05) is 11.9 Å². The second kappa shape index (κ2) is 5.89. The molecular formula is C15H22N2O. The first-order chi connectivity index (χ1) is 8.72. The molecule has 0 saturated heterocycles. The molecule has 2 rings (SSSR count). The maximum atomic E-state index is 12.3. The molecule has 1 aliphatic rings. The molecule has 1 aliphatic heterocycles. The first-order valence-corrected chi connectivity index (χ1v) is 6.89. The Labute approximate surface area is 109 Å². The predicted molar refractivity (Wildman–Crippen MR) is 75.1 cm³/mol. The number of anilines is 1. The maximum absolute atomic E-state index is 12.3. The molecule has 0 radical (unpaired) electrons. The van der Waals surface area contributed by atoms with Crippen molar-refractivity contribution in [1.82, 2.24) is 5.32 Å². The van der Waals surface area contributed by atoms with Gasteiger partial charge in [-0.3, -0.25) is 4.79 Å². The highest BCUT2D eigenvalue weighted by Gasteiger charge is 2.18. The van der Waals surface area contributed by atoms with E-state index in [0.29, 0.717) is 0 Å². The van der Waals surface area contributed by atoms with E-state index in [2.05, 4.69) is 30.5 Å².